The fourth-order valence-corrected chi connectivity index (χ4v) is 0.151. The van der Waals surface area contributed by atoms with Gasteiger partial charge in [-0.3, -0.25) is 4.79 Å². The summed E-state index contributed by atoms with van der Waals surface area (Å²) in [6.07, 6.45) is 1.72. The lowest BCUT2D eigenvalue weighted by Gasteiger charge is -1.83. The Morgan fingerprint density at radius 3 is 2.57 bits per heavy atom. The number of hydrogen-bond acceptors (Lipinski definition) is 2. The number of hydrogen-bond donors (Lipinski definition) is 2. The van der Waals surface area contributed by atoms with Crippen molar-refractivity contribution in [1.29, 1.82) is 0 Å². The van der Waals surface area contributed by atoms with E-state index < -0.39 is 0 Å². The highest BCUT2D eigenvalue weighted by Gasteiger charge is 1.82. The first-order valence-corrected chi connectivity index (χ1v) is 1.83. The third kappa shape index (κ3) is 2.82. The van der Waals surface area contributed by atoms with Gasteiger partial charge in [0.2, 0.25) is 5.91 Å². The van der Waals surface area contributed by atoms with Crippen LogP contribution >= 0.6 is 0 Å². The van der Waals surface area contributed by atoms with Gasteiger partial charge >= 0.3 is 0 Å². The maximum absolute atomic E-state index is 10.1. The Bertz CT molecular complexity index is 87.7. The van der Waals surface area contributed by atoms with Crippen molar-refractivity contribution in [3.63, 3.8) is 0 Å². The monoisotopic (exact) mass is 101 g/mol. The molecule has 1 amide bonds. The zero-order valence-corrected chi connectivity index (χ0v) is 4.01. The molecule has 0 aliphatic rings. The molecule has 3 heteroatoms. The Morgan fingerprint density at radius 1 is 1.86 bits per heavy atom. The number of rotatable bonds is 1. The maximum Gasteiger partial charge on any atom is 0.246 e. The topological polar surface area (TPSA) is 49.3 Å². The summed E-state index contributed by atoms with van der Waals surface area (Å²) >= 11 is 0. The summed E-state index contributed by atoms with van der Waals surface area (Å²) < 4.78 is 0. The SMILES string of the molecule is CNC(=O)C=CO. The molecule has 0 aliphatic carbocycles. The van der Waals surface area contributed by atoms with Gasteiger partial charge in [-0.15, -0.1) is 0 Å². The molecule has 0 spiro atoms. The molecular formula is C4H7NO2. The van der Waals surface area contributed by atoms with Crippen LogP contribution in [0.5, 0.6) is 0 Å². The summed E-state index contributed by atoms with van der Waals surface area (Å²) in [7, 11) is 1.49. The first-order chi connectivity index (χ1) is 3.31. The van der Waals surface area contributed by atoms with E-state index in [4.69, 9.17) is 5.11 Å². The van der Waals surface area contributed by atoms with E-state index >= 15 is 0 Å². The van der Waals surface area contributed by atoms with Gasteiger partial charge in [-0.1, -0.05) is 0 Å². The van der Waals surface area contributed by atoms with Gasteiger partial charge in [0.1, 0.15) is 0 Å². The van der Waals surface area contributed by atoms with Crippen molar-refractivity contribution in [2.24, 2.45) is 0 Å². The standard InChI is InChI=1S/C4H7NO2/c1-5-4(7)2-3-6/h2-3,6H,1H3,(H,5,7). The number of amides is 1. The fourth-order valence-electron chi connectivity index (χ4n) is 0.151. The third-order valence-corrected chi connectivity index (χ3v) is 0.472. The highest BCUT2D eigenvalue weighted by atomic mass is 16.2. The van der Waals surface area contributed by atoms with Gasteiger partial charge in [-0.2, -0.15) is 0 Å². The molecule has 0 atom stereocenters. The van der Waals surface area contributed by atoms with Crippen LogP contribution < -0.4 is 5.32 Å². The van der Waals surface area contributed by atoms with E-state index in [-0.39, 0.29) is 5.91 Å². The van der Waals surface area contributed by atoms with Crippen molar-refractivity contribution in [3.05, 3.63) is 12.3 Å². The Labute approximate surface area is 41.7 Å². The minimum Gasteiger partial charge on any atom is -0.515 e. The van der Waals surface area contributed by atoms with E-state index in [0.29, 0.717) is 6.26 Å². The molecule has 3 nitrogen and oxygen atoms in total. The van der Waals surface area contributed by atoms with Crippen LogP contribution in [0.4, 0.5) is 0 Å². The molecule has 0 saturated carbocycles. The van der Waals surface area contributed by atoms with Crippen LogP contribution in [-0.2, 0) is 4.79 Å². The largest absolute Gasteiger partial charge is 0.515 e. The highest BCUT2D eigenvalue weighted by Crippen LogP contribution is 1.63. The van der Waals surface area contributed by atoms with Crippen molar-refractivity contribution < 1.29 is 9.90 Å². The molecule has 40 valence electrons. The quantitative estimate of drug-likeness (QED) is 0.355. The van der Waals surface area contributed by atoms with Gasteiger partial charge < -0.3 is 10.4 Å². The van der Waals surface area contributed by atoms with Crippen molar-refractivity contribution in [2.75, 3.05) is 7.05 Å². The Hall–Kier alpha value is -0.990. The van der Waals surface area contributed by atoms with Crippen LogP contribution in [0.2, 0.25) is 0 Å². The lowest BCUT2D eigenvalue weighted by atomic mass is 10.6. The number of carbonyl (C=O) groups is 1. The normalized spacial score (nSPS) is 9.29. The molecule has 0 unspecified atom stereocenters. The van der Waals surface area contributed by atoms with E-state index in [1.807, 2.05) is 0 Å². The van der Waals surface area contributed by atoms with Crippen LogP contribution in [0, 0.1) is 0 Å². The van der Waals surface area contributed by atoms with Gasteiger partial charge in [0.25, 0.3) is 0 Å². The third-order valence-electron chi connectivity index (χ3n) is 0.472. The van der Waals surface area contributed by atoms with Gasteiger partial charge in [0.15, 0.2) is 0 Å². The first kappa shape index (κ1) is 6.01. The van der Waals surface area contributed by atoms with E-state index in [2.05, 4.69) is 5.32 Å². The summed E-state index contributed by atoms with van der Waals surface area (Å²) in [5, 5.41) is 10.2. The van der Waals surface area contributed by atoms with Gasteiger partial charge in [0.05, 0.1) is 6.26 Å². The molecular weight excluding hydrogens is 94.0 g/mol. The van der Waals surface area contributed by atoms with Crippen LogP contribution in [0.25, 0.3) is 0 Å². The molecule has 0 aromatic carbocycles. The zero-order chi connectivity index (χ0) is 5.70. The molecule has 0 radical (unpaired) electrons. The van der Waals surface area contributed by atoms with Crippen molar-refractivity contribution in [1.82, 2.24) is 5.32 Å². The lowest BCUT2D eigenvalue weighted by molar-refractivity contribution is -0.116. The Kier molecular flexibility index (Phi) is 2.76. The second kappa shape index (κ2) is 3.21. The maximum atomic E-state index is 10.1. The predicted octanol–water partition coefficient (Wildman–Crippen LogP) is -0.196. The number of likely N-dealkylation sites (N-methyl/N-ethyl adjacent to an activating group) is 1. The summed E-state index contributed by atoms with van der Waals surface area (Å²) in [4.78, 5) is 10.1. The van der Waals surface area contributed by atoms with Crippen LogP contribution in [0.15, 0.2) is 12.3 Å². The first-order valence-electron chi connectivity index (χ1n) is 1.83. The zero-order valence-electron chi connectivity index (χ0n) is 4.01. The van der Waals surface area contributed by atoms with Gasteiger partial charge in [0, 0.05) is 13.1 Å². The van der Waals surface area contributed by atoms with Crippen molar-refractivity contribution in [3.8, 4) is 0 Å². The minimum absolute atomic E-state index is 0.303. The molecule has 0 saturated heterocycles. The average molecular weight is 101 g/mol. The lowest BCUT2D eigenvalue weighted by Crippen LogP contribution is -2.13. The van der Waals surface area contributed by atoms with Gasteiger partial charge in [-0.25, -0.2) is 0 Å². The molecule has 0 aromatic rings. The predicted molar refractivity (Wildman–Crippen MR) is 25.8 cm³/mol. The van der Waals surface area contributed by atoms with Crippen LogP contribution in [-0.4, -0.2) is 18.1 Å². The van der Waals surface area contributed by atoms with Crippen molar-refractivity contribution in [2.45, 2.75) is 0 Å². The van der Waals surface area contributed by atoms with Crippen LogP contribution in [0.3, 0.4) is 0 Å². The number of carbonyl (C=O) groups excluding carboxylic acids is 1. The van der Waals surface area contributed by atoms with Gasteiger partial charge in [-0.05, 0) is 0 Å². The molecule has 0 aliphatic heterocycles. The number of aliphatic hydroxyl groups excluding tert-OH is 1. The summed E-state index contributed by atoms with van der Waals surface area (Å²) in [6.45, 7) is 0. The molecule has 0 heterocycles. The molecule has 0 aromatic heterocycles. The summed E-state index contributed by atoms with van der Waals surface area (Å²) in [5.74, 6) is -0.303. The van der Waals surface area contributed by atoms with Crippen molar-refractivity contribution >= 4 is 5.91 Å². The van der Waals surface area contributed by atoms with E-state index in [9.17, 15) is 4.79 Å². The van der Waals surface area contributed by atoms with E-state index in [0.717, 1.165) is 6.08 Å². The molecule has 7 heavy (non-hydrogen) atoms. The minimum atomic E-state index is -0.303. The van der Waals surface area contributed by atoms with E-state index in [1.165, 1.54) is 7.05 Å². The second-order valence-electron chi connectivity index (χ2n) is 0.930. The summed E-state index contributed by atoms with van der Waals surface area (Å²) in [5.41, 5.74) is 0. The molecule has 0 rings (SSSR count). The molecule has 2 N–H and O–H groups in total. The number of aliphatic hydroxyl groups is 1. The second-order valence-corrected chi connectivity index (χ2v) is 0.930. The number of nitrogens with one attached hydrogen (secondary N) is 1. The van der Waals surface area contributed by atoms with E-state index in [1.54, 1.807) is 0 Å². The molecule has 0 fully saturated rings. The smallest absolute Gasteiger partial charge is 0.246 e. The Morgan fingerprint density at radius 2 is 2.43 bits per heavy atom. The summed E-state index contributed by atoms with van der Waals surface area (Å²) in [6, 6.07) is 0. The highest BCUT2D eigenvalue weighted by molar-refractivity contribution is 5.86. The molecule has 0 bridgehead atoms. The average Bonchev–Trinajstić information content (AvgIpc) is 1.68. The fraction of sp³-hybridized carbons (Fsp3) is 0.250. The van der Waals surface area contributed by atoms with Crippen LogP contribution in [0.1, 0.15) is 0 Å². The Balaban J connectivity index is 3.37.